The molecule has 0 spiro atoms. The summed E-state index contributed by atoms with van der Waals surface area (Å²) in [6.07, 6.45) is 0. The van der Waals surface area contributed by atoms with Crippen molar-refractivity contribution in [2.24, 2.45) is 7.05 Å². The summed E-state index contributed by atoms with van der Waals surface area (Å²) in [6.45, 7) is 2.18. The van der Waals surface area contributed by atoms with Gasteiger partial charge in [0.25, 0.3) is 0 Å². The first-order chi connectivity index (χ1) is 12.7. The Balaban J connectivity index is 0.00000261. The summed E-state index contributed by atoms with van der Waals surface area (Å²) in [5.41, 5.74) is 2.28. The van der Waals surface area contributed by atoms with Crippen molar-refractivity contribution in [3.63, 3.8) is 0 Å². The molecule has 0 atom stereocenters. The van der Waals surface area contributed by atoms with Crippen LogP contribution in [0.25, 0.3) is 0 Å². The Morgan fingerprint density at radius 3 is 2.70 bits per heavy atom. The highest BCUT2D eigenvalue weighted by Gasteiger charge is 2.02. The van der Waals surface area contributed by atoms with E-state index in [1.54, 1.807) is 16.4 Å². The van der Waals surface area contributed by atoms with Gasteiger partial charge in [-0.2, -0.15) is 0 Å². The quantitative estimate of drug-likeness (QED) is 0.415. The second-order valence-corrected chi connectivity index (χ2v) is 7.17. The van der Waals surface area contributed by atoms with E-state index in [0.29, 0.717) is 6.61 Å². The average molecular weight is 426 g/mol. The molecule has 0 aliphatic carbocycles. The van der Waals surface area contributed by atoms with Crippen LogP contribution in [0, 0.1) is 0 Å². The van der Waals surface area contributed by atoms with E-state index in [4.69, 9.17) is 16.3 Å². The average Bonchev–Trinajstić information content (AvgIpc) is 3.06. The number of nitrogens with one attached hydrogen (secondary N) is 1. The summed E-state index contributed by atoms with van der Waals surface area (Å²) in [5.74, 6) is 1.76. The van der Waals surface area contributed by atoms with Crippen LogP contribution >= 0.6 is 35.8 Å². The fourth-order valence-corrected chi connectivity index (χ4v) is 3.16. The van der Waals surface area contributed by atoms with Gasteiger partial charge >= 0.3 is 0 Å². The molecule has 9 heteroatoms. The molecule has 0 unspecified atom stereocenters. The van der Waals surface area contributed by atoms with Crippen molar-refractivity contribution in [3.05, 3.63) is 64.7 Å². The van der Waals surface area contributed by atoms with E-state index < -0.39 is 0 Å². The van der Waals surface area contributed by atoms with E-state index in [2.05, 4.69) is 33.0 Å². The molecule has 3 rings (SSSR count). The molecule has 0 aliphatic rings. The first-order valence-corrected chi connectivity index (χ1v) is 9.59. The third-order valence-corrected chi connectivity index (χ3v) is 4.90. The Morgan fingerprint density at radius 1 is 1.15 bits per heavy atom. The summed E-state index contributed by atoms with van der Waals surface area (Å²) < 4.78 is 7.54. The maximum atomic E-state index is 5.90. The number of rotatable bonds is 9. The lowest BCUT2D eigenvalue weighted by molar-refractivity contribution is 0.306. The van der Waals surface area contributed by atoms with Gasteiger partial charge in [-0.1, -0.05) is 47.6 Å². The van der Waals surface area contributed by atoms with E-state index in [1.807, 2.05) is 43.4 Å². The number of hydrogen-bond acceptors (Lipinski definition) is 6. The molecule has 27 heavy (non-hydrogen) atoms. The maximum absolute atomic E-state index is 5.90. The minimum Gasteiger partial charge on any atom is -0.489 e. The Hall–Kier alpha value is -1.80. The zero-order valence-corrected chi connectivity index (χ0v) is 17.2. The third-order valence-electron chi connectivity index (χ3n) is 3.64. The molecule has 6 nitrogen and oxygen atoms in total. The van der Waals surface area contributed by atoms with Crippen molar-refractivity contribution in [1.82, 2.24) is 25.5 Å². The predicted octanol–water partition coefficient (Wildman–Crippen LogP) is 3.75. The summed E-state index contributed by atoms with van der Waals surface area (Å²) in [4.78, 5) is 0. The summed E-state index contributed by atoms with van der Waals surface area (Å²) in [7, 11) is 1.84. The molecule has 0 radical (unpaired) electrons. The predicted molar refractivity (Wildman–Crippen MR) is 111 cm³/mol. The van der Waals surface area contributed by atoms with Crippen LogP contribution in [0.5, 0.6) is 5.75 Å². The molecule has 0 amide bonds. The first kappa shape index (κ1) is 21.5. The number of tetrazole rings is 1. The van der Waals surface area contributed by atoms with Gasteiger partial charge in [0, 0.05) is 30.9 Å². The molecule has 1 N–H and O–H groups in total. The second kappa shape index (κ2) is 11.1. The minimum atomic E-state index is 0. The lowest BCUT2D eigenvalue weighted by Crippen LogP contribution is -2.16. The van der Waals surface area contributed by atoms with Crippen LogP contribution in [0.4, 0.5) is 0 Å². The smallest absolute Gasteiger partial charge is 0.209 e. The highest BCUT2D eigenvalue weighted by Crippen LogP contribution is 2.17. The van der Waals surface area contributed by atoms with Gasteiger partial charge in [-0.05, 0) is 45.8 Å². The van der Waals surface area contributed by atoms with E-state index in [1.165, 1.54) is 5.56 Å². The van der Waals surface area contributed by atoms with Crippen LogP contribution in [0.3, 0.4) is 0 Å². The number of hydrogen-bond donors (Lipinski definition) is 1. The van der Waals surface area contributed by atoms with Crippen molar-refractivity contribution in [1.29, 1.82) is 0 Å². The molecule has 0 aliphatic heterocycles. The van der Waals surface area contributed by atoms with Gasteiger partial charge < -0.3 is 10.1 Å². The van der Waals surface area contributed by atoms with Crippen molar-refractivity contribution < 1.29 is 4.74 Å². The lowest BCUT2D eigenvalue weighted by Gasteiger charge is -2.09. The number of benzene rings is 2. The largest absolute Gasteiger partial charge is 0.489 e. The second-order valence-electron chi connectivity index (χ2n) is 5.67. The van der Waals surface area contributed by atoms with Crippen LogP contribution in [0.1, 0.15) is 11.1 Å². The normalized spacial score (nSPS) is 10.4. The van der Waals surface area contributed by atoms with Crippen molar-refractivity contribution in [2.45, 2.75) is 18.3 Å². The molecule has 1 aromatic heterocycles. The number of nitrogens with zero attached hydrogens (tertiary/aromatic N) is 4. The van der Waals surface area contributed by atoms with Gasteiger partial charge in [0.1, 0.15) is 12.4 Å². The molecule has 0 saturated carbocycles. The highest BCUT2D eigenvalue weighted by atomic mass is 35.5. The molecule has 1 heterocycles. The minimum absolute atomic E-state index is 0. The fourth-order valence-electron chi connectivity index (χ4n) is 2.28. The molecular weight excluding hydrogens is 405 g/mol. The number of ether oxygens (including phenoxy) is 1. The topological polar surface area (TPSA) is 64.9 Å². The molecular formula is C18H21Cl2N5OS. The van der Waals surface area contributed by atoms with Gasteiger partial charge in [-0.25, -0.2) is 4.68 Å². The monoisotopic (exact) mass is 425 g/mol. The van der Waals surface area contributed by atoms with E-state index in [0.717, 1.165) is 40.3 Å². The van der Waals surface area contributed by atoms with E-state index >= 15 is 0 Å². The zero-order chi connectivity index (χ0) is 18.2. The fraction of sp³-hybridized carbons (Fsp3) is 0.278. The number of halogens is 2. The van der Waals surface area contributed by atoms with Crippen LogP contribution in [-0.4, -0.2) is 32.5 Å². The Morgan fingerprint density at radius 2 is 1.96 bits per heavy atom. The van der Waals surface area contributed by atoms with Gasteiger partial charge in [0.05, 0.1) is 0 Å². The van der Waals surface area contributed by atoms with Crippen molar-refractivity contribution >= 4 is 35.8 Å². The van der Waals surface area contributed by atoms with Crippen molar-refractivity contribution in [2.75, 3.05) is 12.3 Å². The van der Waals surface area contributed by atoms with Gasteiger partial charge in [0.15, 0.2) is 0 Å². The van der Waals surface area contributed by atoms with Crippen LogP contribution in [-0.2, 0) is 20.2 Å². The molecule has 2 aromatic carbocycles. The van der Waals surface area contributed by atoms with Crippen LogP contribution < -0.4 is 10.1 Å². The Labute approximate surface area is 174 Å². The Kier molecular flexibility index (Phi) is 8.87. The Bertz CT molecular complexity index is 829. The third kappa shape index (κ3) is 7.03. The maximum Gasteiger partial charge on any atom is 0.209 e. The summed E-state index contributed by atoms with van der Waals surface area (Å²) in [6, 6.07) is 15.8. The van der Waals surface area contributed by atoms with Gasteiger partial charge in [-0.15, -0.1) is 17.5 Å². The summed E-state index contributed by atoms with van der Waals surface area (Å²) >= 11 is 7.53. The van der Waals surface area contributed by atoms with Gasteiger partial charge in [-0.3, -0.25) is 0 Å². The number of aryl methyl sites for hydroxylation is 1. The SMILES string of the molecule is Cl.Cn1nnnc1SCCNCc1cccc(OCc2ccc(Cl)cc2)c1. The lowest BCUT2D eigenvalue weighted by atomic mass is 10.2. The van der Waals surface area contributed by atoms with Gasteiger partial charge in [0.2, 0.25) is 5.16 Å². The molecule has 0 fully saturated rings. The number of thioether (sulfide) groups is 1. The molecule has 3 aromatic rings. The van der Waals surface area contributed by atoms with Crippen LogP contribution in [0.15, 0.2) is 53.7 Å². The number of aromatic nitrogens is 4. The highest BCUT2D eigenvalue weighted by molar-refractivity contribution is 7.99. The molecule has 0 saturated heterocycles. The van der Waals surface area contributed by atoms with Crippen molar-refractivity contribution in [3.8, 4) is 5.75 Å². The van der Waals surface area contributed by atoms with E-state index in [-0.39, 0.29) is 12.4 Å². The van der Waals surface area contributed by atoms with Crippen LogP contribution in [0.2, 0.25) is 5.02 Å². The standard InChI is InChI=1S/C18H20ClN5OS.ClH/c1-24-18(21-22-23-24)26-10-9-20-12-15-3-2-4-17(11-15)25-13-14-5-7-16(19)8-6-14;/h2-8,11,20H,9-10,12-13H2,1H3;1H. The molecule has 0 bridgehead atoms. The summed E-state index contributed by atoms with van der Waals surface area (Å²) in [5, 5.41) is 16.4. The van der Waals surface area contributed by atoms with E-state index in [9.17, 15) is 0 Å². The molecule has 144 valence electrons. The first-order valence-electron chi connectivity index (χ1n) is 8.23. The zero-order valence-electron chi connectivity index (χ0n) is 14.8.